The molecular weight excluding hydrogens is 228 g/mol. The second-order valence-corrected chi connectivity index (χ2v) is 4.20. The van der Waals surface area contributed by atoms with Crippen LogP contribution in [-0.4, -0.2) is 19.7 Å². The number of nitrogens with zero attached hydrogens (tertiary/aromatic N) is 4. The molecule has 0 aliphatic rings. The summed E-state index contributed by atoms with van der Waals surface area (Å²) in [6.45, 7) is 0. The van der Waals surface area contributed by atoms with E-state index in [1.54, 1.807) is 23.4 Å². The van der Waals surface area contributed by atoms with Gasteiger partial charge in [0.15, 0.2) is 5.13 Å². The van der Waals surface area contributed by atoms with Gasteiger partial charge in [-0.1, -0.05) is 11.3 Å². The molecule has 0 radical (unpaired) electrons. The molecule has 0 amide bonds. The zero-order chi connectivity index (χ0) is 7.68. The van der Waals surface area contributed by atoms with Crippen LogP contribution in [0.1, 0.15) is 0 Å². The van der Waals surface area contributed by atoms with Crippen molar-refractivity contribution < 1.29 is 0 Å². The molecule has 0 saturated carbocycles. The third kappa shape index (κ3) is 1.31. The van der Waals surface area contributed by atoms with Gasteiger partial charge in [0.1, 0.15) is 12.7 Å². The molecule has 6 heteroatoms. The van der Waals surface area contributed by atoms with Gasteiger partial charge in [0.2, 0.25) is 0 Å². The van der Waals surface area contributed by atoms with Crippen LogP contribution >= 0.6 is 27.3 Å². The van der Waals surface area contributed by atoms with Crippen LogP contribution in [0.5, 0.6) is 0 Å². The van der Waals surface area contributed by atoms with Crippen LogP contribution in [0.4, 0.5) is 0 Å². The maximum atomic E-state index is 4.11. The lowest BCUT2D eigenvalue weighted by Gasteiger charge is -1.88. The first-order valence-electron chi connectivity index (χ1n) is 2.82. The lowest BCUT2D eigenvalue weighted by molar-refractivity contribution is 1.03. The Morgan fingerprint density at radius 2 is 2.09 bits per heavy atom. The predicted molar refractivity (Wildman–Crippen MR) is 44.7 cm³/mol. The lowest BCUT2D eigenvalue weighted by Crippen LogP contribution is -1.86. The SMILES string of the molecule is Brc1cnc(-n2cnnc2)s1. The van der Waals surface area contributed by atoms with Gasteiger partial charge in [-0.2, -0.15) is 0 Å². The standard InChI is InChI=1S/C5H3BrN4S/c6-4-1-7-5(11-4)10-2-8-9-3-10/h1-3H. The minimum Gasteiger partial charge on any atom is -0.263 e. The van der Waals surface area contributed by atoms with Crippen molar-refractivity contribution in [2.24, 2.45) is 0 Å². The summed E-state index contributed by atoms with van der Waals surface area (Å²) in [5, 5.41) is 8.21. The molecule has 0 atom stereocenters. The van der Waals surface area contributed by atoms with Gasteiger partial charge in [0.25, 0.3) is 0 Å². The molecular formula is C5H3BrN4S. The van der Waals surface area contributed by atoms with Crippen LogP contribution in [0.2, 0.25) is 0 Å². The molecule has 0 saturated heterocycles. The van der Waals surface area contributed by atoms with Gasteiger partial charge in [-0.3, -0.25) is 4.57 Å². The zero-order valence-electron chi connectivity index (χ0n) is 5.31. The third-order valence-corrected chi connectivity index (χ3v) is 2.59. The second kappa shape index (κ2) is 2.71. The van der Waals surface area contributed by atoms with Crippen molar-refractivity contribution in [3.8, 4) is 5.13 Å². The number of hydrogen-bond acceptors (Lipinski definition) is 4. The van der Waals surface area contributed by atoms with Gasteiger partial charge in [-0.25, -0.2) is 4.98 Å². The highest BCUT2D eigenvalue weighted by molar-refractivity contribution is 9.11. The highest BCUT2D eigenvalue weighted by atomic mass is 79.9. The Balaban J connectivity index is 2.45. The molecule has 2 aromatic rings. The fourth-order valence-electron chi connectivity index (χ4n) is 0.665. The van der Waals surface area contributed by atoms with Gasteiger partial charge in [0, 0.05) is 0 Å². The van der Waals surface area contributed by atoms with Gasteiger partial charge in [0.05, 0.1) is 9.98 Å². The summed E-state index contributed by atoms with van der Waals surface area (Å²) in [5.41, 5.74) is 0. The average Bonchev–Trinajstić information content (AvgIpc) is 2.55. The molecule has 0 aliphatic carbocycles. The molecule has 0 aliphatic heterocycles. The molecule has 56 valence electrons. The molecule has 2 heterocycles. The fraction of sp³-hybridized carbons (Fsp3) is 0. The minimum atomic E-state index is 0.863. The maximum Gasteiger partial charge on any atom is 0.197 e. The predicted octanol–water partition coefficient (Wildman–Crippen LogP) is 1.49. The molecule has 2 rings (SSSR count). The first-order valence-corrected chi connectivity index (χ1v) is 4.43. The number of hydrogen-bond donors (Lipinski definition) is 0. The normalized spacial score (nSPS) is 10.3. The topological polar surface area (TPSA) is 43.6 Å². The van der Waals surface area contributed by atoms with Crippen molar-refractivity contribution >= 4 is 27.3 Å². The van der Waals surface area contributed by atoms with Crippen LogP contribution in [-0.2, 0) is 0 Å². The van der Waals surface area contributed by atoms with Crippen molar-refractivity contribution in [3.63, 3.8) is 0 Å². The van der Waals surface area contributed by atoms with Gasteiger partial charge >= 0.3 is 0 Å². The summed E-state index contributed by atoms with van der Waals surface area (Å²) in [5.74, 6) is 0. The summed E-state index contributed by atoms with van der Waals surface area (Å²) in [4.78, 5) is 4.11. The smallest absolute Gasteiger partial charge is 0.197 e. The van der Waals surface area contributed by atoms with E-state index in [1.807, 2.05) is 0 Å². The molecule has 0 bridgehead atoms. The van der Waals surface area contributed by atoms with E-state index in [9.17, 15) is 0 Å². The minimum absolute atomic E-state index is 0.863. The van der Waals surface area contributed by atoms with E-state index < -0.39 is 0 Å². The van der Waals surface area contributed by atoms with E-state index in [0.29, 0.717) is 0 Å². The summed E-state index contributed by atoms with van der Waals surface area (Å²) in [6.07, 6.45) is 4.98. The Labute approximate surface area is 75.0 Å². The van der Waals surface area contributed by atoms with Gasteiger partial charge in [-0.05, 0) is 15.9 Å². The fourth-order valence-corrected chi connectivity index (χ4v) is 1.79. The van der Waals surface area contributed by atoms with Crippen LogP contribution in [0.25, 0.3) is 5.13 Å². The van der Waals surface area contributed by atoms with Crippen LogP contribution in [0.3, 0.4) is 0 Å². The highest BCUT2D eigenvalue weighted by Gasteiger charge is 2.00. The summed E-state index contributed by atoms with van der Waals surface area (Å²) < 4.78 is 2.76. The molecule has 0 fully saturated rings. The molecule has 0 unspecified atom stereocenters. The van der Waals surface area contributed by atoms with Gasteiger partial charge < -0.3 is 0 Å². The second-order valence-electron chi connectivity index (χ2n) is 1.82. The molecule has 11 heavy (non-hydrogen) atoms. The number of halogens is 1. The van der Waals surface area contributed by atoms with Crippen molar-refractivity contribution in [1.29, 1.82) is 0 Å². The molecule has 0 N–H and O–H groups in total. The first-order chi connectivity index (χ1) is 5.36. The molecule has 2 aromatic heterocycles. The Bertz CT molecular complexity index is 341. The van der Waals surface area contributed by atoms with E-state index in [4.69, 9.17) is 0 Å². The van der Waals surface area contributed by atoms with E-state index in [1.165, 1.54) is 11.3 Å². The third-order valence-electron chi connectivity index (χ3n) is 1.10. The lowest BCUT2D eigenvalue weighted by atomic mass is 10.9. The molecule has 0 aromatic carbocycles. The Kier molecular flexibility index (Phi) is 1.71. The summed E-state index contributed by atoms with van der Waals surface area (Å²) in [7, 11) is 0. The van der Waals surface area contributed by atoms with E-state index in [-0.39, 0.29) is 0 Å². The molecule has 4 nitrogen and oxygen atoms in total. The van der Waals surface area contributed by atoms with Crippen molar-refractivity contribution in [3.05, 3.63) is 22.6 Å². The number of thiazole rings is 1. The largest absolute Gasteiger partial charge is 0.263 e. The quantitative estimate of drug-likeness (QED) is 0.746. The van der Waals surface area contributed by atoms with Crippen molar-refractivity contribution in [1.82, 2.24) is 19.7 Å². The van der Waals surface area contributed by atoms with Crippen LogP contribution in [0, 0.1) is 0 Å². The van der Waals surface area contributed by atoms with Crippen LogP contribution < -0.4 is 0 Å². The summed E-state index contributed by atoms with van der Waals surface area (Å²) in [6, 6.07) is 0. The Morgan fingerprint density at radius 3 is 2.64 bits per heavy atom. The average molecular weight is 231 g/mol. The van der Waals surface area contributed by atoms with Gasteiger partial charge in [-0.15, -0.1) is 10.2 Å². The zero-order valence-corrected chi connectivity index (χ0v) is 7.71. The maximum absolute atomic E-state index is 4.11. The van der Waals surface area contributed by atoms with E-state index in [0.717, 1.165) is 8.92 Å². The first kappa shape index (κ1) is 6.93. The van der Waals surface area contributed by atoms with E-state index >= 15 is 0 Å². The summed E-state index contributed by atoms with van der Waals surface area (Å²) >= 11 is 4.85. The highest BCUT2D eigenvalue weighted by Crippen LogP contribution is 2.21. The van der Waals surface area contributed by atoms with E-state index in [2.05, 4.69) is 31.1 Å². The Morgan fingerprint density at radius 1 is 1.36 bits per heavy atom. The molecule has 0 spiro atoms. The Hall–Kier alpha value is -0.750. The number of aromatic nitrogens is 4. The van der Waals surface area contributed by atoms with Crippen molar-refractivity contribution in [2.75, 3.05) is 0 Å². The number of rotatable bonds is 1. The monoisotopic (exact) mass is 230 g/mol. The van der Waals surface area contributed by atoms with Crippen LogP contribution in [0.15, 0.2) is 22.6 Å². The van der Waals surface area contributed by atoms with Crippen molar-refractivity contribution in [2.45, 2.75) is 0 Å².